The van der Waals surface area contributed by atoms with Crippen LogP contribution in [0.15, 0.2) is 24.4 Å². The van der Waals surface area contributed by atoms with Crippen LogP contribution in [-0.2, 0) is 16.1 Å². The fourth-order valence-electron chi connectivity index (χ4n) is 0.818. The van der Waals surface area contributed by atoms with Gasteiger partial charge in [-0.05, 0) is 12.1 Å². The van der Waals surface area contributed by atoms with Crippen LogP contribution in [0.1, 0.15) is 0 Å². The average molecular weight is 247 g/mol. The summed E-state index contributed by atoms with van der Waals surface area (Å²) in [6, 6.07) is 5.13. The summed E-state index contributed by atoms with van der Waals surface area (Å²) in [4.78, 5) is 10.8. The lowest BCUT2D eigenvalue weighted by atomic mass is 10.4. The Morgan fingerprint density at radius 1 is 1.62 bits per heavy atom. The smallest absolute Gasteiger partial charge is 0.325 e. The van der Waals surface area contributed by atoms with Gasteiger partial charge in [0.15, 0.2) is 0 Å². The van der Waals surface area contributed by atoms with Crippen LogP contribution < -0.4 is 5.49 Å². The molecule has 0 saturated heterocycles. The zero-order chi connectivity index (χ0) is 8.97. The zero-order valence-electron chi connectivity index (χ0n) is 7.19. The van der Waals surface area contributed by atoms with Gasteiger partial charge in [0.2, 0.25) is 0 Å². The fourth-order valence-corrected chi connectivity index (χ4v) is 0.818. The maximum absolute atomic E-state index is 10.8. The molecule has 0 atom stereocenters. The molecule has 0 saturated carbocycles. The first-order chi connectivity index (χ1) is 5.74. The van der Waals surface area contributed by atoms with E-state index in [1.54, 1.807) is 24.4 Å². The van der Waals surface area contributed by atoms with E-state index in [1.807, 2.05) is 0 Å². The zero-order valence-corrected chi connectivity index (χ0v) is 8.90. The van der Waals surface area contributed by atoms with Crippen LogP contribution in [0.4, 0.5) is 0 Å². The second kappa shape index (κ2) is 5.53. The molecule has 72 valence electrons. The molecule has 4 nitrogen and oxygen atoms in total. The number of hydrogen-bond donors (Lipinski definition) is 1. The van der Waals surface area contributed by atoms with E-state index in [4.69, 9.17) is 5.41 Å². The maximum Gasteiger partial charge on any atom is 0.325 e. The van der Waals surface area contributed by atoms with Crippen LogP contribution in [0.3, 0.4) is 0 Å². The van der Waals surface area contributed by atoms with Crippen molar-refractivity contribution >= 4 is 23.0 Å². The van der Waals surface area contributed by atoms with Crippen molar-refractivity contribution < 1.29 is 9.53 Å². The molecule has 0 aliphatic heterocycles. The number of carbonyl (C=O) groups is 1. The van der Waals surface area contributed by atoms with Crippen molar-refractivity contribution in [3.05, 3.63) is 29.9 Å². The number of aromatic nitrogens is 1. The van der Waals surface area contributed by atoms with Crippen molar-refractivity contribution in [3.63, 3.8) is 0 Å². The number of hydrogen-bond acceptors (Lipinski definition) is 3. The molecule has 0 aliphatic carbocycles. The Hall–Kier alpha value is -1.10. The third-order valence-corrected chi connectivity index (χ3v) is 1.47. The molecule has 1 N–H and O–H groups in total. The predicted octanol–water partition coefficient (Wildman–Crippen LogP) is 0.718. The number of nitrogens with zero attached hydrogens (tertiary/aromatic N) is 1. The average Bonchev–Trinajstić information content (AvgIpc) is 2.09. The Kier molecular flexibility index (Phi) is 5.06. The largest absolute Gasteiger partial charge is 0.468 e. The van der Waals surface area contributed by atoms with E-state index in [0.717, 1.165) is 0 Å². The topological polar surface area (TPSA) is 55.1 Å². The van der Waals surface area contributed by atoms with Gasteiger partial charge in [0.1, 0.15) is 12.0 Å². The van der Waals surface area contributed by atoms with Crippen LogP contribution in [0.25, 0.3) is 0 Å². The number of carbonyl (C=O) groups excluding carboxylic acids is 1. The van der Waals surface area contributed by atoms with Gasteiger partial charge in [-0.3, -0.25) is 10.2 Å². The van der Waals surface area contributed by atoms with Gasteiger partial charge in [0.25, 0.3) is 0 Å². The Labute approximate surface area is 86.4 Å². The van der Waals surface area contributed by atoms with Crippen LogP contribution in [0.5, 0.6) is 0 Å². The molecule has 0 unspecified atom stereocenters. The molecule has 1 aromatic heterocycles. The standard InChI is InChI=1S/C8H10N2O2.BrH/c1-12-8(11)6-10-5-3-2-4-7(10)9;/h2-5,9H,6H2,1H3;1H. The molecule has 1 heterocycles. The minimum Gasteiger partial charge on any atom is -0.468 e. The lowest BCUT2D eigenvalue weighted by molar-refractivity contribution is -0.141. The van der Waals surface area contributed by atoms with Gasteiger partial charge >= 0.3 is 5.97 Å². The number of esters is 1. The minimum atomic E-state index is -0.347. The third-order valence-electron chi connectivity index (χ3n) is 1.47. The van der Waals surface area contributed by atoms with E-state index in [2.05, 4.69) is 4.74 Å². The summed E-state index contributed by atoms with van der Waals surface area (Å²) in [5.74, 6) is -0.347. The number of rotatable bonds is 2. The van der Waals surface area contributed by atoms with E-state index < -0.39 is 0 Å². The highest BCUT2D eigenvalue weighted by Crippen LogP contribution is 1.83. The van der Waals surface area contributed by atoms with Crippen molar-refractivity contribution in [1.29, 1.82) is 5.41 Å². The van der Waals surface area contributed by atoms with Crippen molar-refractivity contribution in [1.82, 2.24) is 4.57 Å². The Bertz CT molecular complexity index is 335. The Morgan fingerprint density at radius 2 is 2.31 bits per heavy atom. The first kappa shape index (κ1) is 11.9. The van der Waals surface area contributed by atoms with Gasteiger partial charge in [-0.25, -0.2) is 0 Å². The maximum atomic E-state index is 10.8. The van der Waals surface area contributed by atoms with Crippen LogP contribution in [0, 0.1) is 5.41 Å². The summed E-state index contributed by atoms with van der Waals surface area (Å²) in [5, 5.41) is 7.39. The second-order valence-electron chi connectivity index (χ2n) is 2.29. The van der Waals surface area contributed by atoms with Gasteiger partial charge < -0.3 is 9.30 Å². The molecular weight excluding hydrogens is 236 g/mol. The summed E-state index contributed by atoms with van der Waals surface area (Å²) < 4.78 is 5.97. The van der Waals surface area contributed by atoms with Crippen LogP contribution >= 0.6 is 17.0 Å². The van der Waals surface area contributed by atoms with Gasteiger partial charge in [0.05, 0.1) is 7.11 Å². The number of ether oxygens (including phenoxy) is 1. The van der Waals surface area contributed by atoms with E-state index in [9.17, 15) is 4.79 Å². The number of nitrogens with one attached hydrogen (secondary N) is 1. The molecule has 0 bridgehead atoms. The fraction of sp³-hybridized carbons (Fsp3) is 0.250. The summed E-state index contributed by atoms with van der Waals surface area (Å²) in [6.45, 7) is 0.0934. The second-order valence-corrected chi connectivity index (χ2v) is 2.29. The van der Waals surface area contributed by atoms with Crippen molar-refractivity contribution in [2.45, 2.75) is 6.54 Å². The number of methoxy groups -OCH3 is 1. The third kappa shape index (κ3) is 3.42. The quantitative estimate of drug-likeness (QED) is 0.783. The molecule has 13 heavy (non-hydrogen) atoms. The minimum absolute atomic E-state index is 0. The van der Waals surface area contributed by atoms with Gasteiger partial charge in [0, 0.05) is 6.20 Å². The highest BCUT2D eigenvalue weighted by atomic mass is 79.9. The van der Waals surface area contributed by atoms with E-state index in [1.165, 1.54) is 11.7 Å². The highest BCUT2D eigenvalue weighted by molar-refractivity contribution is 8.93. The highest BCUT2D eigenvalue weighted by Gasteiger charge is 1.99. The van der Waals surface area contributed by atoms with E-state index >= 15 is 0 Å². The Balaban J connectivity index is 0.00000144. The van der Waals surface area contributed by atoms with Gasteiger partial charge in [-0.15, -0.1) is 17.0 Å². The molecular formula is C8H11BrN2O2. The first-order valence-electron chi connectivity index (χ1n) is 3.51. The van der Waals surface area contributed by atoms with Crippen molar-refractivity contribution in [3.8, 4) is 0 Å². The SMILES string of the molecule is Br.COC(=O)Cn1ccccc1=N. The van der Waals surface area contributed by atoms with Crippen molar-refractivity contribution in [2.75, 3.05) is 7.11 Å². The molecule has 5 heteroatoms. The summed E-state index contributed by atoms with van der Waals surface area (Å²) in [6.07, 6.45) is 1.67. The van der Waals surface area contributed by atoms with E-state index in [0.29, 0.717) is 5.49 Å². The molecule has 0 aromatic carbocycles. The molecule has 0 aliphatic rings. The Morgan fingerprint density at radius 3 is 2.85 bits per heavy atom. The lowest BCUT2D eigenvalue weighted by Crippen LogP contribution is -2.23. The molecule has 0 amide bonds. The van der Waals surface area contributed by atoms with Crippen LogP contribution in [-0.4, -0.2) is 17.6 Å². The molecule has 0 spiro atoms. The summed E-state index contributed by atoms with van der Waals surface area (Å²) >= 11 is 0. The molecule has 0 fully saturated rings. The monoisotopic (exact) mass is 246 g/mol. The molecule has 1 aromatic rings. The molecule has 1 rings (SSSR count). The molecule has 0 radical (unpaired) electrons. The summed E-state index contributed by atoms with van der Waals surface area (Å²) in [7, 11) is 1.33. The number of halogens is 1. The van der Waals surface area contributed by atoms with E-state index in [-0.39, 0.29) is 29.5 Å². The van der Waals surface area contributed by atoms with Crippen LogP contribution in [0.2, 0.25) is 0 Å². The van der Waals surface area contributed by atoms with Crippen molar-refractivity contribution in [2.24, 2.45) is 0 Å². The van der Waals surface area contributed by atoms with Gasteiger partial charge in [-0.2, -0.15) is 0 Å². The number of pyridine rings is 1. The first-order valence-corrected chi connectivity index (χ1v) is 3.51. The predicted molar refractivity (Wildman–Crippen MR) is 52.6 cm³/mol. The normalized spacial score (nSPS) is 8.69. The summed E-state index contributed by atoms with van der Waals surface area (Å²) in [5.41, 5.74) is 0.294. The lowest BCUT2D eigenvalue weighted by Gasteiger charge is -2.03. The van der Waals surface area contributed by atoms with Gasteiger partial charge in [-0.1, -0.05) is 6.07 Å².